The van der Waals surface area contributed by atoms with E-state index in [1.165, 1.54) is 12.1 Å². The molecule has 0 saturated heterocycles. The van der Waals surface area contributed by atoms with Crippen molar-refractivity contribution in [1.29, 1.82) is 0 Å². The molecule has 0 radical (unpaired) electrons. The van der Waals surface area contributed by atoms with Gasteiger partial charge < -0.3 is 5.11 Å². The zero-order chi connectivity index (χ0) is 15.5. The van der Waals surface area contributed by atoms with Gasteiger partial charge in [0.2, 0.25) is 10.0 Å². The van der Waals surface area contributed by atoms with E-state index in [-0.39, 0.29) is 4.90 Å². The second-order valence-corrected chi connectivity index (χ2v) is 8.22. The van der Waals surface area contributed by atoms with Gasteiger partial charge in [0.1, 0.15) is 0 Å². The van der Waals surface area contributed by atoms with Crippen LogP contribution in [0, 0.1) is 9.49 Å². The van der Waals surface area contributed by atoms with Gasteiger partial charge in [-0.15, -0.1) is 0 Å². The number of halogens is 1. The number of carbonyl (C=O) groups is 1. The Bertz CT molecular complexity index is 600. The van der Waals surface area contributed by atoms with Gasteiger partial charge in [0.05, 0.1) is 10.8 Å². The Kier molecular flexibility index (Phi) is 5.61. The van der Waals surface area contributed by atoms with Crippen LogP contribution in [0.3, 0.4) is 0 Å². The van der Waals surface area contributed by atoms with Crippen LogP contribution in [-0.2, 0) is 14.8 Å². The van der Waals surface area contributed by atoms with Gasteiger partial charge in [-0.2, -0.15) is 0 Å². The van der Waals surface area contributed by atoms with Gasteiger partial charge in [0.25, 0.3) is 0 Å². The van der Waals surface area contributed by atoms with Crippen LogP contribution in [0.1, 0.15) is 32.1 Å². The summed E-state index contributed by atoms with van der Waals surface area (Å²) in [6.07, 6.45) is 3.73. The zero-order valence-electron chi connectivity index (χ0n) is 11.5. The van der Waals surface area contributed by atoms with E-state index in [0.29, 0.717) is 12.8 Å². The van der Waals surface area contributed by atoms with E-state index in [0.717, 1.165) is 22.8 Å². The fraction of sp³-hybridized carbons (Fsp3) is 0.500. The molecule has 0 amide bonds. The fourth-order valence-electron chi connectivity index (χ4n) is 2.63. The lowest BCUT2D eigenvalue weighted by Crippen LogP contribution is -2.42. The first-order valence-electron chi connectivity index (χ1n) is 6.91. The Morgan fingerprint density at radius 3 is 2.38 bits per heavy atom. The second-order valence-electron chi connectivity index (χ2n) is 5.26. The monoisotopic (exact) mass is 423 g/mol. The summed E-state index contributed by atoms with van der Waals surface area (Å²) in [7, 11) is -3.68. The largest absolute Gasteiger partial charge is 0.481 e. The van der Waals surface area contributed by atoms with Crippen LogP contribution in [0.25, 0.3) is 0 Å². The second kappa shape index (κ2) is 7.06. The molecule has 5 nitrogen and oxygen atoms in total. The van der Waals surface area contributed by atoms with Crippen LogP contribution in [0.5, 0.6) is 0 Å². The molecular weight excluding hydrogens is 405 g/mol. The predicted octanol–water partition coefficient (Wildman–Crippen LogP) is 2.60. The molecular formula is C14H18INO4S. The van der Waals surface area contributed by atoms with Gasteiger partial charge in [0, 0.05) is 9.61 Å². The Balaban J connectivity index is 2.20. The van der Waals surface area contributed by atoms with Crippen LogP contribution in [0.15, 0.2) is 29.2 Å². The molecule has 1 aromatic carbocycles. The van der Waals surface area contributed by atoms with Crippen molar-refractivity contribution in [2.24, 2.45) is 5.92 Å². The molecule has 0 heterocycles. The first-order valence-corrected chi connectivity index (χ1v) is 9.47. The number of hydrogen-bond acceptors (Lipinski definition) is 3. The highest BCUT2D eigenvalue weighted by Crippen LogP contribution is 2.25. The number of hydrogen-bond donors (Lipinski definition) is 2. The molecule has 2 atom stereocenters. The maximum Gasteiger partial charge on any atom is 0.308 e. The highest BCUT2D eigenvalue weighted by atomic mass is 127. The number of carboxylic acids is 1. The molecule has 1 aromatic rings. The molecule has 7 heteroatoms. The van der Waals surface area contributed by atoms with E-state index in [1.807, 2.05) is 0 Å². The van der Waals surface area contributed by atoms with Crippen molar-refractivity contribution in [2.45, 2.75) is 43.0 Å². The average Bonchev–Trinajstić information content (AvgIpc) is 2.64. The molecule has 0 spiro atoms. The van der Waals surface area contributed by atoms with E-state index < -0.39 is 28.0 Å². The smallest absolute Gasteiger partial charge is 0.308 e. The number of sulfonamides is 1. The minimum Gasteiger partial charge on any atom is -0.481 e. The van der Waals surface area contributed by atoms with Crippen molar-refractivity contribution in [3.05, 3.63) is 27.8 Å². The SMILES string of the molecule is O=C(O)C1CCCCCC1NS(=O)(=O)c1ccc(I)cc1. The van der Waals surface area contributed by atoms with Crippen molar-refractivity contribution < 1.29 is 18.3 Å². The molecule has 21 heavy (non-hydrogen) atoms. The lowest BCUT2D eigenvalue weighted by molar-refractivity contribution is -0.142. The van der Waals surface area contributed by atoms with Gasteiger partial charge in [-0.3, -0.25) is 4.79 Å². The van der Waals surface area contributed by atoms with Gasteiger partial charge >= 0.3 is 5.97 Å². The highest BCUT2D eigenvalue weighted by Gasteiger charge is 2.32. The molecule has 2 unspecified atom stereocenters. The van der Waals surface area contributed by atoms with Crippen LogP contribution >= 0.6 is 22.6 Å². The lowest BCUT2D eigenvalue weighted by Gasteiger charge is -2.22. The number of rotatable bonds is 4. The van der Waals surface area contributed by atoms with E-state index >= 15 is 0 Å². The van der Waals surface area contributed by atoms with Gasteiger partial charge in [-0.1, -0.05) is 19.3 Å². The Labute approximate surface area is 138 Å². The van der Waals surface area contributed by atoms with Gasteiger partial charge in [-0.25, -0.2) is 13.1 Å². The number of nitrogens with one attached hydrogen (secondary N) is 1. The summed E-state index contributed by atoms with van der Waals surface area (Å²) in [6.45, 7) is 0. The van der Waals surface area contributed by atoms with Crippen molar-refractivity contribution in [3.8, 4) is 0 Å². The summed E-state index contributed by atoms with van der Waals surface area (Å²) in [4.78, 5) is 11.5. The maximum absolute atomic E-state index is 12.4. The third kappa shape index (κ3) is 4.40. The molecule has 2 N–H and O–H groups in total. The minimum absolute atomic E-state index is 0.177. The fourth-order valence-corrected chi connectivity index (χ4v) is 4.30. The molecule has 0 bridgehead atoms. The van der Waals surface area contributed by atoms with Gasteiger partial charge in [-0.05, 0) is 59.7 Å². The third-order valence-electron chi connectivity index (χ3n) is 3.76. The maximum atomic E-state index is 12.4. The Morgan fingerprint density at radius 1 is 1.14 bits per heavy atom. The summed E-state index contributed by atoms with van der Waals surface area (Å²) < 4.78 is 28.3. The van der Waals surface area contributed by atoms with Gasteiger partial charge in [0.15, 0.2) is 0 Å². The standard InChI is InChI=1S/C14H18INO4S/c15-10-6-8-11(9-7-10)21(19,20)16-13-5-3-1-2-4-12(13)14(17)18/h6-9,12-13,16H,1-5H2,(H,17,18). The molecule has 1 saturated carbocycles. The quantitative estimate of drug-likeness (QED) is 0.576. The average molecular weight is 423 g/mol. The van der Waals surface area contributed by atoms with Crippen molar-refractivity contribution in [3.63, 3.8) is 0 Å². The summed E-state index contributed by atoms with van der Waals surface area (Å²) in [5.74, 6) is -1.57. The first-order chi connectivity index (χ1) is 9.90. The van der Waals surface area contributed by atoms with Crippen LogP contribution < -0.4 is 4.72 Å². The zero-order valence-corrected chi connectivity index (χ0v) is 14.4. The predicted molar refractivity (Wildman–Crippen MR) is 87.5 cm³/mol. The Hall–Kier alpha value is -0.670. The number of aliphatic carboxylic acids is 1. The summed E-state index contributed by atoms with van der Waals surface area (Å²) in [6, 6.07) is 5.98. The van der Waals surface area contributed by atoms with Crippen molar-refractivity contribution in [1.82, 2.24) is 4.72 Å². The molecule has 1 aliphatic carbocycles. The number of benzene rings is 1. The highest BCUT2D eigenvalue weighted by molar-refractivity contribution is 14.1. The summed E-state index contributed by atoms with van der Waals surface area (Å²) in [5, 5.41) is 9.30. The van der Waals surface area contributed by atoms with Crippen LogP contribution in [0.4, 0.5) is 0 Å². The molecule has 116 valence electrons. The normalized spacial score (nSPS) is 23.5. The van der Waals surface area contributed by atoms with Crippen molar-refractivity contribution in [2.75, 3.05) is 0 Å². The molecule has 1 aliphatic rings. The van der Waals surface area contributed by atoms with Crippen molar-refractivity contribution >= 4 is 38.6 Å². The lowest BCUT2D eigenvalue weighted by atomic mass is 9.96. The molecule has 0 aromatic heterocycles. The van der Waals surface area contributed by atoms with E-state index in [1.54, 1.807) is 12.1 Å². The molecule has 2 rings (SSSR count). The van der Waals surface area contributed by atoms with E-state index in [4.69, 9.17) is 0 Å². The third-order valence-corrected chi connectivity index (χ3v) is 5.99. The minimum atomic E-state index is -3.68. The Morgan fingerprint density at radius 2 is 1.76 bits per heavy atom. The van der Waals surface area contributed by atoms with Crippen LogP contribution in [-0.4, -0.2) is 25.5 Å². The number of carboxylic acid groups (broad SMARTS) is 1. The molecule has 1 fully saturated rings. The van der Waals surface area contributed by atoms with E-state index in [9.17, 15) is 18.3 Å². The van der Waals surface area contributed by atoms with E-state index in [2.05, 4.69) is 27.3 Å². The first kappa shape index (κ1) is 16.7. The molecule has 0 aliphatic heterocycles. The summed E-state index contributed by atoms with van der Waals surface area (Å²) >= 11 is 2.10. The van der Waals surface area contributed by atoms with Crippen LogP contribution in [0.2, 0.25) is 0 Å². The summed E-state index contributed by atoms with van der Waals surface area (Å²) in [5.41, 5.74) is 0. The topological polar surface area (TPSA) is 83.5 Å².